The molecule has 0 aromatic carbocycles. The Balaban J connectivity index is 2.16. The minimum absolute atomic E-state index is 0.141. The van der Waals surface area contributed by atoms with Gasteiger partial charge in [0.05, 0.1) is 29.2 Å². The van der Waals surface area contributed by atoms with Gasteiger partial charge in [0, 0.05) is 5.92 Å². The van der Waals surface area contributed by atoms with Crippen LogP contribution in [0, 0.1) is 29.1 Å². The lowest BCUT2D eigenvalue weighted by atomic mass is 9.93. The minimum atomic E-state index is -1.54. The lowest BCUT2D eigenvalue weighted by molar-refractivity contribution is 0.173. The van der Waals surface area contributed by atoms with Gasteiger partial charge in [-0.15, -0.1) is 23.2 Å². The van der Waals surface area contributed by atoms with E-state index in [1.807, 2.05) is 6.07 Å². The molecule has 0 aromatic rings. The number of ether oxygens (including phenoxy) is 1. The summed E-state index contributed by atoms with van der Waals surface area (Å²) in [6.45, 7) is 0.496. The largest absolute Gasteiger partial charge is 0.368 e. The monoisotopic (exact) mass is 405 g/mol. The summed E-state index contributed by atoms with van der Waals surface area (Å²) in [4.78, 5) is -2.58. The number of halogens is 6. The van der Waals surface area contributed by atoms with Crippen molar-refractivity contribution in [2.24, 2.45) is 5.92 Å². The lowest BCUT2D eigenvalue weighted by Gasteiger charge is -2.31. The van der Waals surface area contributed by atoms with Gasteiger partial charge in [0.2, 0.25) is 0 Å². The summed E-state index contributed by atoms with van der Waals surface area (Å²) >= 11 is 38.0. The summed E-state index contributed by atoms with van der Waals surface area (Å²) in [6, 6.07) is 1.97. The third-order valence-electron chi connectivity index (χ3n) is 3.59. The Morgan fingerprint density at radius 1 is 1.19 bits per heavy atom. The Kier molecular flexibility index (Phi) is 5.25. The molecule has 0 aromatic heterocycles. The van der Waals surface area contributed by atoms with Crippen LogP contribution in [0.2, 0.25) is 0 Å². The molecule has 2 rings (SSSR count). The summed E-state index contributed by atoms with van der Waals surface area (Å²) in [7, 11) is 0. The lowest BCUT2D eigenvalue weighted by Crippen LogP contribution is -2.44. The molecule has 0 amide bonds. The molecule has 0 N–H and O–H groups in total. The number of rotatable bonds is 3. The van der Waals surface area contributed by atoms with Crippen LogP contribution >= 0.6 is 69.6 Å². The average molecular weight is 408 g/mol. The molecule has 1 saturated carbocycles. The van der Waals surface area contributed by atoms with Crippen LogP contribution in [0.15, 0.2) is 10.1 Å². The Morgan fingerprint density at radius 2 is 1.86 bits per heavy atom. The number of hydrogen-bond donors (Lipinski definition) is 0. The molecule has 2 aliphatic rings. The van der Waals surface area contributed by atoms with Crippen LogP contribution in [0.3, 0.4) is 0 Å². The van der Waals surface area contributed by atoms with Crippen molar-refractivity contribution >= 4 is 69.6 Å². The third kappa shape index (κ3) is 2.45. The fourth-order valence-corrected chi connectivity index (χ4v) is 5.19. The van der Waals surface area contributed by atoms with Crippen molar-refractivity contribution in [1.29, 1.82) is 5.26 Å². The maximum Gasteiger partial charge on any atom is 0.167 e. The van der Waals surface area contributed by atoms with Crippen LogP contribution in [0.25, 0.3) is 0 Å². The van der Waals surface area contributed by atoms with Gasteiger partial charge in [-0.1, -0.05) is 58.2 Å². The molecular formula is C13H9Cl6NO. The maximum absolute atomic E-state index is 8.38. The zero-order valence-corrected chi connectivity index (χ0v) is 15.1. The van der Waals surface area contributed by atoms with Gasteiger partial charge in [-0.3, -0.25) is 0 Å². The molecule has 0 radical (unpaired) electrons. The zero-order chi connectivity index (χ0) is 15.9. The Labute approximate surface area is 153 Å². The second kappa shape index (κ2) is 6.18. The van der Waals surface area contributed by atoms with Gasteiger partial charge < -0.3 is 4.74 Å². The molecule has 0 heterocycles. The topological polar surface area (TPSA) is 33.0 Å². The molecule has 21 heavy (non-hydrogen) atoms. The molecular weight excluding hydrogens is 399 g/mol. The molecule has 8 heteroatoms. The maximum atomic E-state index is 8.38. The number of allylic oxidation sites excluding steroid dienone is 2. The Bertz CT molecular complexity index is 586. The first-order chi connectivity index (χ1) is 9.73. The van der Waals surface area contributed by atoms with Crippen LogP contribution < -0.4 is 0 Å². The molecule has 114 valence electrons. The van der Waals surface area contributed by atoms with E-state index in [1.54, 1.807) is 0 Å². The van der Waals surface area contributed by atoms with E-state index in [9.17, 15) is 0 Å². The van der Waals surface area contributed by atoms with Gasteiger partial charge in [0.1, 0.15) is 16.4 Å². The smallest absolute Gasteiger partial charge is 0.167 e. The van der Waals surface area contributed by atoms with E-state index in [2.05, 4.69) is 11.8 Å². The average Bonchev–Trinajstić information content (AvgIpc) is 2.65. The summed E-state index contributed by atoms with van der Waals surface area (Å²) < 4.78 is 3.62. The van der Waals surface area contributed by atoms with Gasteiger partial charge in [-0.25, -0.2) is 0 Å². The van der Waals surface area contributed by atoms with Gasteiger partial charge in [-0.2, -0.15) is 5.26 Å². The van der Waals surface area contributed by atoms with Crippen molar-refractivity contribution in [2.75, 3.05) is 13.2 Å². The quantitative estimate of drug-likeness (QED) is 0.383. The fourth-order valence-electron chi connectivity index (χ4n) is 2.47. The van der Waals surface area contributed by atoms with E-state index >= 15 is 0 Å². The normalized spacial score (nSPS) is 36.3. The molecule has 0 aliphatic heterocycles. The van der Waals surface area contributed by atoms with E-state index < -0.39 is 20.0 Å². The van der Waals surface area contributed by atoms with E-state index in [-0.39, 0.29) is 16.7 Å². The van der Waals surface area contributed by atoms with E-state index in [4.69, 9.17) is 79.6 Å². The predicted molar refractivity (Wildman–Crippen MR) is 87.3 cm³/mol. The number of nitriles is 1. The minimum Gasteiger partial charge on any atom is -0.368 e. The fraction of sp³-hybridized carbons (Fsp3) is 0.615. The highest BCUT2D eigenvalue weighted by Gasteiger charge is 2.78. The Morgan fingerprint density at radius 3 is 2.38 bits per heavy atom. The summed E-state index contributed by atoms with van der Waals surface area (Å²) in [6.07, 6.45) is 0.608. The second-order valence-electron chi connectivity index (χ2n) is 4.75. The predicted octanol–water partition coefficient (Wildman–Crippen LogP) is 4.77. The first-order valence-electron chi connectivity index (χ1n) is 5.98. The van der Waals surface area contributed by atoms with Crippen LogP contribution in [-0.4, -0.2) is 27.3 Å². The van der Waals surface area contributed by atoms with Crippen molar-refractivity contribution in [1.82, 2.24) is 0 Å². The molecule has 2 nitrogen and oxygen atoms in total. The van der Waals surface area contributed by atoms with Crippen molar-refractivity contribution < 1.29 is 4.74 Å². The zero-order valence-electron chi connectivity index (χ0n) is 10.5. The van der Waals surface area contributed by atoms with Crippen LogP contribution in [0.5, 0.6) is 0 Å². The summed E-state index contributed by atoms with van der Waals surface area (Å²) in [5, 5.41) is 8.70. The molecule has 3 atom stereocenters. The number of nitrogens with zero attached hydrogens (tertiary/aromatic N) is 1. The highest BCUT2D eigenvalue weighted by atomic mass is 35.5. The van der Waals surface area contributed by atoms with Gasteiger partial charge in [-0.05, 0) is 6.42 Å². The number of hydrogen-bond acceptors (Lipinski definition) is 2. The SMILES string of the molecule is N#CCCOCC#CC1CC2(Cl)C(Cl)=C(Cl)C1(Cl)C2(Cl)Cl. The van der Waals surface area contributed by atoms with Crippen molar-refractivity contribution in [3.8, 4) is 17.9 Å². The molecule has 2 aliphatic carbocycles. The van der Waals surface area contributed by atoms with E-state index in [1.165, 1.54) is 0 Å². The van der Waals surface area contributed by atoms with Gasteiger partial charge >= 0.3 is 0 Å². The van der Waals surface area contributed by atoms with Crippen LogP contribution in [0.1, 0.15) is 12.8 Å². The number of alkyl halides is 4. The summed E-state index contributed by atoms with van der Waals surface area (Å²) in [5.74, 6) is 5.32. The summed E-state index contributed by atoms with van der Waals surface area (Å²) in [5.41, 5.74) is 0. The molecule has 3 unspecified atom stereocenters. The van der Waals surface area contributed by atoms with Gasteiger partial charge in [0.25, 0.3) is 0 Å². The molecule has 0 saturated heterocycles. The first kappa shape index (κ1) is 17.8. The molecule has 0 spiro atoms. The Hall–Kier alpha value is 0.490. The van der Waals surface area contributed by atoms with Crippen molar-refractivity contribution in [3.63, 3.8) is 0 Å². The molecule has 2 bridgehead atoms. The second-order valence-corrected chi connectivity index (χ2v) is 8.08. The van der Waals surface area contributed by atoms with Crippen LogP contribution in [0.4, 0.5) is 0 Å². The highest BCUT2D eigenvalue weighted by Crippen LogP contribution is 2.74. The first-order valence-corrected chi connectivity index (χ1v) is 8.25. The van der Waals surface area contributed by atoms with E-state index in [0.29, 0.717) is 19.4 Å². The van der Waals surface area contributed by atoms with Crippen molar-refractivity contribution in [3.05, 3.63) is 10.1 Å². The van der Waals surface area contributed by atoms with Crippen molar-refractivity contribution in [2.45, 2.75) is 26.9 Å². The highest BCUT2D eigenvalue weighted by molar-refractivity contribution is 6.65. The number of fused-ring (bicyclic) bond motifs is 2. The van der Waals surface area contributed by atoms with E-state index in [0.717, 1.165) is 0 Å². The molecule has 1 fully saturated rings. The third-order valence-corrected chi connectivity index (χ3v) is 7.87. The van der Waals surface area contributed by atoms with Crippen LogP contribution in [-0.2, 0) is 4.74 Å². The standard InChI is InChI=1S/C13H9Cl6NO/c14-9-10(15)12(17)8(3-1-5-21-6-2-4-20)7-11(9,16)13(12,18)19/h8H,2,5-7H2. The van der Waals surface area contributed by atoms with Gasteiger partial charge in [0.15, 0.2) is 4.33 Å².